The van der Waals surface area contributed by atoms with E-state index in [0.29, 0.717) is 30.8 Å². The van der Waals surface area contributed by atoms with Crippen molar-refractivity contribution in [1.82, 2.24) is 0 Å². The molecule has 0 amide bonds. The number of allylic oxidation sites excluding steroid dienone is 4. The van der Waals surface area contributed by atoms with Crippen molar-refractivity contribution in [1.29, 1.82) is 0 Å². The molecule has 0 bridgehead atoms. The van der Waals surface area contributed by atoms with E-state index in [-0.39, 0.29) is 18.8 Å². The van der Waals surface area contributed by atoms with Crippen LogP contribution in [0.4, 0.5) is 0 Å². The Hall–Kier alpha value is -4.56. The minimum Gasteiger partial charge on any atom is -0.491 e. The Morgan fingerprint density at radius 1 is 0.623 bits per heavy atom. The van der Waals surface area contributed by atoms with Crippen LogP contribution in [0.3, 0.4) is 0 Å². The Morgan fingerprint density at radius 3 is 1.58 bits per heavy atom. The van der Waals surface area contributed by atoms with E-state index in [4.69, 9.17) is 28.4 Å². The van der Waals surface area contributed by atoms with Crippen LogP contribution in [0.1, 0.15) is 83.7 Å². The Balaban J connectivity index is 0.782. The molecule has 2 saturated heterocycles. The minimum absolute atomic E-state index is 0.0439. The number of hydrogen-bond donors (Lipinski definition) is 1. The summed E-state index contributed by atoms with van der Waals surface area (Å²) in [6, 6.07) is 29.5. The van der Waals surface area contributed by atoms with Gasteiger partial charge in [0.2, 0.25) is 6.29 Å². The zero-order chi connectivity index (χ0) is 36.1. The van der Waals surface area contributed by atoms with Gasteiger partial charge in [-0.05, 0) is 157 Å². The average Bonchev–Trinajstić information content (AvgIpc) is 4.14. The number of ether oxygens (including phenoxy) is 6. The molecule has 7 nitrogen and oxygen atoms in total. The smallest absolute Gasteiger partial charge is 0.231 e. The lowest BCUT2D eigenvalue weighted by Crippen LogP contribution is -2.24. The quantitative estimate of drug-likeness (QED) is 0.0971. The lowest BCUT2D eigenvalue weighted by atomic mass is 9.82. The van der Waals surface area contributed by atoms with Crippen molar-refractivity contribution in [2.75, 3.05) is 33.0 Å². The third kappa shape index (κ3) is 9.33. The Morgan fingerprint density at radius 2 is 1.11 bits per heavy atom. The van der Waals surface area contributed by atoms with Crippen molar-refractivity contribution in [3.05, 3.63) is 130 Å². The van der Waals surface area contributed by atoms with Crippen molar-refractivity contribution >= 4 is 11.1 Å². The molecule has 4 aromatic carbocycles. The third-order valence-electron chi connectivity index (χ3n) is 10.9. The SMILES string of the molecule is Cc1cc(C2=CCC(c3ccc(OCC4CO4)cc3)CC2)ccc1OCC(O)Oc1ccc(C2CC=C(c3ccc(OCC4CO4)c(C)c3)CC2)cc1. The van der Waals surface area contributed by atoms with Gasteiger partial charge in [-0.1, -0.05) is 48.6 Å². The van der Waals surface area contributed by atoms with Gasteiger partial charge in [0.1, 0.15) is 48.4 Å². The number of benzene rings is 4. The van der Waals surface area contributed by atoms with Gasteiger partial charge in [-0.15, -0.1) is 0 Å². The molecule has 5 atom stereocenters. The van der Waals surface area contributed by atoms with Crippen LogP contribution in [0, 0.1) is 13.8 Å². The van der Waals surface area contributed by atoms with E-state index in [0.717, 1.165) is 80.1 Å². The van der Waals surface area contributed by atoms with Gasteiger partial charge >= 0.3 is 0 Å². The summed E-state index contributed by atoms with van der Waals surface area (Å²) in [4.78, 5) is 0. The summed E-state index contributed by atoms with van der Waals surface area (Å²) >= 11 is 0. The van der Waals surface area contributed by atoms with Gasteiger partial charge < -0.3 is 33.5 Å². The summed E-state index contributed by atoms with van der Waals surface area (Å²) in [5.41, 5.74) is 10.1. The second-order valence-electron chi connectivity index (χ2n) is 14.9. The predicted molar refractivity (Wildman–Crippen MR) is 207 cm³/mol. The summed E-state index contributed by atoms with van der Waals surface area (Å²) < 4.78 is 34.0. The molecule has 2 fully saturated rings. The van der Waals surface area contributed by atoms with Gasteiger partial charge in [0.15, 0.2) is 6.61 Å². The summed E-state index contributed by atoms with van der Waals surface area (Å²) in [6.07, 6.45) is 10.5. The summed E-state index contributed by atoms with van der Waals surface area (Å²) in [5, 5.41) is 10.7. The number of rotatable bonds is 15. The maximum Gasteiger partial charge on any atom is 0.231 e. The third-order valence-corrected chi connectivity index (χ3v) is 10.9. The van der Waals surface area contributed by atoms with E-state index in [2.05, 4.69) is 92.7 Å². The second kappa shape index (κ2) is 16.2. The van der Waals surface area contributed by atoms with Crippen LogP contribution in [-0.2, 0) is 9.47 Å². The van der Waals surface area contributed by atoms with E-state index in [9.17, 15) is 5.11 Å². The Labute approximate surface area is 313 Å². The molecule has 0 aromatic heterocycles. The monoisotopic (exact) mass is 714 g/mol. The maximum absolute atomic E-state index is 10.7. The molecule has 0 saturated carbocycles. The molecule has 2 heterocycles. The van der Waals surface area contributed by atoms with E-state index in [1.807, 2.05) is 18.2 Å². The highest BCUT2D eigenvalue weighted by Gasteiger charge is 2.25. The highest BCUT2D eigenvalue weighted by molar-refractivity contribution is 5.69. The van der Waals surface area contributed by atoms with Gasteiger partial charge in [0.25, 0.3) is 0 Å². The zero-order valence-corrected chi connectivity index (χ0v) is 30.8. The lowest BCUT2D eigenvalue weighted by molar-refractivity contribution is -0.0480. The fraction of sp³-hybridized carbons (Fsp3) is 0.391. The zero-order valence-electron chi connectivity index (χ0n) is 30.8. The molecular weight excluding hydrogens is 664 g/mol. The van der Waals surface area contributed by atoms with Crippen molar-refractivity contribution in [2.45, 2.75) is 82.7 Å². The molecule has 276 valence electrons. The first-order valence-corrected chi connectivity index (χ1v) is 19.2. The molecule has 2 aliphatic heterocycles. The van der Waals surface area contributed by atoms with Crippen molar-refractivity contribution in [2.24, 2.45) is 0 Å². The molecule has 8 rings (SSSR count). The fourth-order valence-electron chi connectivity index (χ4n) is 7.53. The fourth-order valence-corrected chi connectivity index (χ4v) is 7.53. The number of aliphatic hydroxyl groups is 1. The maximum atomic E-state index is 10.7. The Bertz CT molecular complexity index is 1920. The van der Waals surface area contributed by atoms with Crippen molar-refractivity contribution in [3.63, 3.8) is 0 Å². The molecule has 5 unspecified atom stereocenters. The van der Waals surface area contributed by atoms with Gasteiger partial charge in [0, 0.05) is 0 Å². The average molecular weight is 715 g/mol. The molecule has 0 radical (unpaired) electrons. The molecule has 4 aliphatic rings. The van der Waals surface area contributed by atoms with Gasteiger partial charge in [-0.3, -0.25) is 0 Å². The number of aryl methyl sites for hydroxylation is 2. The molecule has 53 heavy (non-hydrogen) atoms. The van der Waals surface area contributed by atoms with Crippen molar-refractivity contribution in [3.8, 4) is 23.0 Å². The molecule has 7 heteroatoms. The van der Waals surface area contributed by atoms with E-state index in [1.165, 1.54) is 33.4 Å². The molecule has 0 spiro atoms. The summed E-state index contributed by atoms with van der Waals surface area (Å²) in [7, 11) is 0. The minimum atomic E-state index is -1.08. The van der Waals surface area contributed by atoms with Crippen LogP contribution in [0.15, 0.2) is 97.1 Å². The van der Waals surface area contributed by atoms with Crippen LogP contribution in [-0.4, -0.2) is 56.6 Å². The Kier molecular flexibility index (Phi) is 10.8. The first kappa shape index (κ1) is 35.5. The molecule has 1 N–H and O–H groups in total. The van der Waals surface area contributed by atoms with Crippen LogP contribution in [0.2, 0.25) is 0 Å². The highest BCUT2D eigenvalue weighted by atomic mass is 16.6. The highest BCUT2D eigenvalue weighted by Crippen LogP contribution is 2.39. The topological polar surface area (TPSA) is 82.2 Å². The molecule has 2 aliphatic carbocycles. The largest absolute Gasteiger partial charge is 0.491 e. The number of epoxide rings is 2. The van der Waals surface area contributed by atoms with Crippen LogP contribution in [0.5, 0.6) is 23.0 Å². The molecular formula is C46H50O7. The van der Waals surface area contributed by atoms with Crippen LogP contribution < -0.4 is 18.9 Å². The summed E-state index contributed by atoms with van der Waals surface area (Å²) in [6.45, 7) is 7.08. The van der Waals surface area contributed by atoms with E-state index in [1.54, 1.807) is 0 Å². The first-order chi connectivity index (χ1) is 25.9. The number of aliphatic hydroxyl groups excluding tert-OH is 1. The van der Waals surface area contributed by atoms with E-state index < -0.39 is 6.29 Å². The normalized spacial score (nSPS) is 22.6. The second-order valence-corrected chi connectivity index (χ2v) is 14.9. The van der Waals surface area contributed by atoms with Crippen LogP contribution in [0.25, 0.3) is 11.1 Å². The number of hydrogen-bond acceptors (Lipinski definition) is 7. The summed E-state index contributed by atoms with van der Waals surface area (Å²) in [5.74, 6) is 4.21. The van der Waals surface area contributed by atoms with Gasteiger partial charge in [-0.25, -0.2) is 0 Å². The van der Waals surface area contributed by atoms with Crippen LogP contribution >= 0.6 is 0 Å². The predicted octanol–water partition coefficient (Wildman–Crippen LogP) is 9.34. The first-order valence-electron chi connectivity index (χ1n) is 19.2. The van der Waals surface area contributed by atoms with Gasteiger partial charge in [-0.2, -0.15) is 0 Å². The standard InChI is InChI=1S/C46H50O7/c1-30-23-38(15-21-44(30)51-28-43-27-50-43)36-9-5-33(6-10-36)35-13-19-41(20-14-35)53-46(47)29-52-45-22-16-39(24-31(45)2)37-7-3-32(4-8-37)34-11-17-40(18-12-34)48-25-42-26-49-42/h7,9,11-24,32-33,42-43,46-47H,3-6,8,10,25-29H2,1-2H3. The van der Waals surface area contributed by atoms with Crippen molar-refractivity contribution < 1.29 is 33.5 Å². The van der Waals surface area contributed by atoms with Gasteiger partial charge in [0.05, 0.1) is 13.2 Å². The molecule has 4 aromatic rings. The van der Waals surface area contributed by atoms with E-state index >= 15 is 0 Å². The lowest BCUT2D eigenvalue weighted by Gasteiger charge is -2.24.